The van der Waals surface area contributed by atoms with Gasteiger partial charge in [-0.05, 0) is 25.3 Å². The number of aryl methyl sites for hydroxylation is 1. The van der Waals surface area contributed by atoms with Crippen molar-refractivity contribution in [2.24, 2.45) is 0 Å². The fourth-order valence-corrected chi connectivity index (χ4v) is 1.57. The number of ether oxygens (including phenoxy) is 1. The maximum Gasteiger partial charge on any atom is 0.339 e. The summed E-state index contributed by atoms with van der Waals surface area (Å²) in [5.41, 5.74) is 1.19. The number of nitrogens with zero attached hydrogens (tertiary/aromatic N) is 1. The van der Waals surface area contributed by atoms with Crippen molar-refractivity contribution in [2.45, 2.75) is 6.92 Å². The van der Waals surface area contributed by atoms with Crippen LogP contribution in [0.4, 0.5) is 5.82 Å². The third kappa shape index (κ3) is 3.41. The largest absolute Gasteiger partial charge is 0.465 e. The normalized spacial score (nSPS) is 9.94. The molecule has 0 unspecified atom stereocenters. The van der Waals surface area contributed by atoms with Crippen molar-refractivity contribution < 1.29 is 9.53 Å². The fraction of sp³-hybridized carbons (Fsp3) is 0.455. The molecule has 5 heteroatoms. The Kier molecular flexibility index (Phi) is 5.11. The average Bonchev–Trinajstić information content (AvgIpc) is 2.29. The van der Waals surface area contributed by atoms with Crippen molar-refractivity contribution in [1.82, 2.24) is 4.98 Å². The fourth-order valence-electron chi connectivity index (χ4n) is 1.27. The molecule has 0 aliphatic carbocycles. The third-order valence-electron chi connectivity index (χ3n) is 2.10. The minimum absolute atomic E-state index is 0.347. The van der Waals surface area contributed by atoms with Gasteiger partial charge < -0.3 is 10.1 Å². The van der Waals surface area contributed by atoms with Crippen molar-refractivity contribution in [3.05, 3.63) is 23.4 Å². The molecule has 0 fully saturated rings. The lowest BCUT2D eigenvalue weighted by molar-refractivity contribution is 0.0599. The van der Waals surface area contributed by atoms with E-state index in [4.69, 9.17) is 0 Å². The molecule has 1 aromatic heterocycles. The number of carbonyl (C=O) groups is 1. The maximum atomic E-state index is 11.3. The second-order valence-electron chi connectivity index (χ2n) is 3.24. The van der Waals surface area contributed by atoms with Crippen LogP contribution in [0.3, 0.4) is 0 Å². The number of pyridine rings is 1. The summed E-state index contributed by atoms with van der Waals surface area (Å²) in [6.45, 7) is 2.66. The SMILES string of the molecule is COC(=O)c1ccc(NCCSC)nc1C. The Balaban J connectivity index is 2.71. The molecular weight excluding hydrogens is 224 g/mol. The number of carbonyl (C=O) groups excluding carboxylic acids is 1. The van der Waals surface area contributed by atoms with Crippen molar-refractivity contribution in [2.75, 3.05) is 31.0 Å². The molecule has 88 valence electrons. The molecule has 0 saturated heterocycles. The van der Waals surface area contributed by atoms with E-state index in [0.29, 0.717) is 11.3 Å². The van der Waals surface area contributed by atoms with Gasteiger partial charge in [0.2, 0.25) is 0 Å². The molecule has 16 heavy (non-hydrogen) atoms. The van der Waals surface area contributed by atoms with E-state index in [0.717, 1.165) is 18.1 Å². The van der Waals surface area contributed by atoms with E-state index in [1.807, 2.05) is 0 Å². The van der Waals surface area contributed by atoms with Gasteiger partial charge in [0, 0.05) is 12.3 Å². The van der Waals surface area contributed by atoms with Crippen LogP contribution in [0.5, 0.6) is 0 Å². The number of nitrogens with one attached hydrogen (secondary N) is 1. The zero-order valence-corrected chi connectivity index (χ0v) is 10.6. The monoisotopic (exact) mass is 240 g/mol. The van der Waals surface area contributed by atoms with Crippen molar-refractivity contribution in [3.8, 4) is 0 Å². The van der Waals surface area contributed by atoms with E-state index in [-0.39, 0.29) is 5.97 Å². The van der Waals surface area contributed by atoms with Gasteiger partial charge in [-0.25, -0.2) is 9.78 Å². The molecule has 0 bridgehead atoms. The number of methoxy groups -OCH3 is 1. The number of thioether (sulfide) groups is 1. The molecule has 1 N–H and O–H groups in total. The highest BCUT2D eigenvalue weighted by Gasteiger charge is 2.10. The Hall–Kier alpha value is -1.23. The highest BCUT2D eigenvalue weighted by molar-refractivity contribution is 7.98. The first-order chi connectivity index (χ1) is 7.69. The third-order valence-corrected chi connectivity index (χ3v) is 2.72. The molecule has 1 heterocycles. The van der Waals surface area contributed by atoms with E-state index in [9.17, 15) is 4.79 Å². The first kappa shape index (κ1) is 12.8. The molecule has 0 saturated carbocycles. The summed E-state index contributed by atoms with van der Waals surface area (Å²) in [6, 6.07) is 3.52. The van der Waals surface area contributed by atoms with Crippen LogP contribution >= 0.6 is 11.8 Å². The molecule has 0 aromatic carbocycles. The van der Waals surface area contributed by atoms with E-state index >= 15 is 0 Å². The van der Waals surface area contributed by atoms with E-state index in [2.05, 4.69) is 21.3 Å². The number of hydrogen-bond acceptors (Lipinski definition) is 5. The minimum atomic E-state index is -0.347. The highest BCUT2D eigenvalue weighted by Crippen LogP contribution is 2.11. The molecule has 0 aliphatic heterocycles. The Labute approximate surface area is 99.8 Å². The summed E-state index contributed by atoms with van der Waals surface area (Å²) < 4.78 is 4.65. The van der Waals surface area contributed by atoms with E-state index < -0.39 is 0 Å². The van der Waals surface area contributed by atoms with Crippen LogP contribution in [0, 0.1) is 6.92 Å². The van der Waals surface area contributed by atoms with Gasteiger partial charge in [0.25, 0.3) is 0 Å². The van der Waals surface area contributed by atoms with Gasteiger partial charge >= 0.3 is 5.97 Å². The van der Waals surface area contributed by atoms with Crippen LogP contribution in [0.15, 0.2) is 12.1 Å². The summed E-state index contributed by atoms with van der Waals surface area (Å²) >= 11 is 1.77. The smallest absolute Gasteiger partial charge is 0.339 e. The first-order valence-corrected chi connectivity index (χ1v) is 6.37. The Morgan fingerprint density at radius 2 is 2.31 bits per heavy atom. The topological polar surface area (TPSA) is 51.2 Å². The Bertz CT molecular complexity index is 369. The summed E-state index contributed by atoms with van der Waals surface area (Å²) in [5.74, 6) is 1.47. The molecule has 1 aromatic rings. The Morgan fingerprint density at radius 1 is 1.56 bits per heavy atom. The predicted molar refractivity (Wildman–Crippen MR) is 67.2 cm³/mol. The summed E-state index contributed by atoms with van der Waals surface area (Å²) in [7, 11) is 1.37. The number of esters is 1. The lowest BCUT2D eigenvalue weighted by atomic mass is 10.2. The minimum Gasteiger partial charge on any atom is -0.465 e. The Morgan fingerprint density at radius 3 is 2.88 bits per heavy atom. The average molecular weight is 240 g/mol. The van der Waals surface area contributed by atoms with Crippen LogP contribution in [-0.4, -0.2) is 36.6 Å². The zero-order chi connectivity index (χ0) is 12.0. The lowest BCUT2D eigenvalue weighted by Crippen LogP contribution is -2.09. The highest BCUT2D eigenvalue weighted by atomic mass is 32.2. The lowest BCUT2D eigenvalue weighted by Gasteiger charge is -2.07. The molecule has 1 rings (SSSR count). The van der Waals surface area contributed by atoms with Crippen LogP contribution < -0.4 is 5.32 Å². The summed E-state index contributed by atoms with van der Waals surface area (Å²) in [5, 5.41) is 3.19. The predicted octanol–water partition coefficient (Wildman–Crippen LogP) is 1.95. The second kappa shape index (κ2) is 6.37. The molecule has 0 radical (unpaired) electrons. The van der Waals surface area contributed by atoms with Crippen molar-refractivity contribution >= 4 is 23.5 Å². The zero-order valence-electron chi connectivity index (χ0n) is 9.74. The summed E-state index contributed by atoms with van der Waals surface area (Å²) in [4.78, 5) is 15.6. The molecule has 0 aliphatic rings. The second-order valence-corrected chi connectivity index (χ2v) is 4.23. The van der Waals surface area contributed by atoms with Gasteiger partial charge in [-0.15, -0.1) is 0 Å². The number of aromatic nitrogens is 1. The summed E-state index contributed by atoms with van der Waals surface area (Å²) in [6.07, 6.45) is 2.06. The van der Waals surface area contributed by atoms with Crippen LogP contribution in [0.1, 0.15) is 16.1 Å². The standard InChI is InChI=1S/C11H16N2O2S/c1-8-9(11(14)15-2)4-5-10(13-8)12-6-7-16-3/h4-5H,6-7H2,1-3H3,(H,12,13). The van der Waals surface area contributed by atoms with Crippen LogP contribution in [-0.2, 0) is 4.74 Å². The van der Waals surface area contributed by atoms with Gasteiger partial charge in [-0.1, -0.05) is 0 Å². The van der Waals surface area contributed by atoms with Crippen molar-refractivity contribution in [1.29, 1.82) is 0 Å². The van der Waals surface area contributed by atoms with Gasteiger partial charge in [0.15, 0.2) is 0 Å². The van der Waals surface area contributed by atoms with Crippen molar-refractivity contribution in [3.63, 3.8) is 0 Å². The molecular formula is C11H16N2O2S. The number of anilines is 1. The van der Waals surface area contributed by atoms with Gasteiger partial charge in [0.05, 0.1) is 18.4 Å². The van der Waals surface area contributed by atoms with Crippen LogP contribution in [0.2, 0.25) is 0 Å². The number of rotatable bonds is 5. The van der Waals surface area contributed by atoms with E-state index in [1.165, 1.54) is 7.11 Å². The molecule has 0 spiro atoms. The van der Waals surface area contributed by atoms with Crippen LogP contribution in [0.25, 0.3) is 0 Å². The van der Waals surface area contributed by atoms with Gasteiger partial charge in [0.1, 0.15) is 5.82 Å². The molecule has 0 atom stereocenters. The van der Waals surface area contributed by atoms with Gasteiger partial charge in [-0.2, -0.15) is 11.8 Å². The molecule has 4 nitrogen and oxygen atoms in total. The van der Waals surface area contributed by atoms with Gasteiger partial charge in [-0.3, -0.25) is 0 Å². The molecule has 0 amide bonds. The maximum absolute atomic E-state index is 11.3. The quantitative estimate of drug-likeness (QED) is 0.629. The first-order valence-electron chi connectivity index (χ1n) is 4.97. The number of hydrogen-bond donors (Lipinski definition) is 1. The van der Waals surface area contributed by atoms with E-state index in [1.54, 1.807) is 30.8 Å².